The van der Waals surface area contributed by atoms with Gasteiger partial charge in [-0.2, -0.15) is 0 Å². The lowest BCUT2D eigenvalue weighted by atomic mass is 9.94. The largest absolute Gasteiger partial charge is 0.493 e. The van der Waals surface area contributed by atoms with Gasteiger partial charge >= 0.3 is 0 Å². The first kappa shape index (κ1) is 13.1. The average molecular weight is 271 g/mol. The average Bonchev–Trinajstić information content (AvgIpc) is 2.92. The molecule has 1 unspecified atom stereocenters. The molecule has 2 nitrogen and oxygen atoms in total. The number of hydrogen-bond acceptors (Lipinski definition) is 2. The highest BCUT2D eigenvalue weighted by Crippen LogP contribution is 2.36. The summed E-state index contributed by atoms with van der Waals surface area (Å²) in [5, 5.41) is 3.21. The first-order valence-electron chi connectivity index (χ1n) is 6.88. The molecular weight excluding hydrogens is 253 g/mol. The van der Waals surface area contributed by atoms with E-state index in [0.717, 1.165) is 23.3 Å². The van der Waals surface area contributed by atoms with Crippen molar-refractivity contribution in [2.45, 2.75) is 19.4 Å². The second-order valence-corrected chi connectivity index (χ2v) is 5.18. The summed E-state index contributed by atoms with van der Waals surface area (Å²) < 4.78 is 19.9. The van der Waals surface area contributed by atoms with Gasteiger partial charge in [0.1, 0.15) is 11.6 Å². The molecule has 0 fully saturated rings. The Balaban J connectivity index is 2.11. The van der Waals surface area contributed by atoms with Crippen LogP contribution >= 0.6 is 0 Å². The van der Waals surface area contributed by atoms with E-state index in [1.807, 2.05) is 32.2 Å². The molecule has 2 aromatic rings. The SMILES string of the molecule is CNC(c1cc(C)ccc1F)c1cccc2c1OCC2. The highest BCUT2D eigenvalue weighted by molar-refractivity contribution is 5.49. The first-order chi connectivity index (χ1) is 9.70. The van der Waals surface area contributed by atoms with Crippen molar-refractivity contribution in [1.82, 2.24) is 5.32 Å². The van der Waals surface area contributed by atoms with E-state index in [1.165, 1.54) is 11.6 Å². The molecule has 0 amide bonds. The smallest absolute Gasteiger partial charge is 0.128 e. The molecule has 0 aromatic heterocycles. The molecule has 104 valence electrons. The molecule has 20 heavy (non-hydrogen) atoms. The quantitative estimate of drug-likeness (QED) is 0.924. The van der Waals surface area contributed by atoms with Crippen molar-refractivity contribution in [2.75, 3.05) is 13.7 Å². The van der Waals surface area contributed by atoms with Crippen LogP contribution in [0.5, 0.6) is 5.75 Å². The topological polar surface area (TPSA) is 21.3 Å². The number of para-hydroxylation sites is 1. The Morgan fingerprint density at radius 3 is 2.85 bits per heavy atom. The molecule has 0 radical (unpaired) electrons. The molecule has 1 aliphatic rings. The third-order valence-electron chi connectivity index (χ3n) is 3.81. The normalized spacial score (nSPS) is 14.8. The van der Waals surface area contributed by atoms with E-state index in [9.17, 15) is 4.39 Å². The van der Waals surface area contributed by atoms with E-state index in [4.69, 9.17) is 4.74 Å². The minimum absolute atomic E-state index is 0.189. The summed E-state index contributed by atoms with van der Waals surface area (Å²) in [6.45, 7) is 2.68. The fourth-order valence-corrected chi connectivity index (χ4v) is 2.83. The van der Waals surface area contributed by atoms with Gasteiger partial charge in [-0.15, -0.1) is 0 Å². The van der Waals surface area contributed by atoms with Crippen LogP contribution in [0.4, 0.5) is 4.39 Å². The highest BCUT2D eigenvalue weighted by atomic mass is 19.1. The third-order valence-corrected chi connectivity index (χ3v) is 3.81. The Morgan fingerprint density at radius 2 is 2.05 bits per heavy atom. The fourth-order valence-electron chi connectivity index (χ4n) is 2.83. The van der Waals surface area contributed by atoms with Crippen LogP contribution < -0.4 is 10.1 Å². The molecule has 3 rings (SSSR count). The number of benzene rings is 2. The predicted molar refractivity (Wildman–Crippen MR) is 77.7 cm³/mol. The molecule has 1 aliphatic heterocycles. The lowest BCUT2D eigenvalue weighted by Crippen LogP contribution is -2.19. The van der Waals surface area contributed by atoms with Gasteiger partial charge in [0.25, 0.3) is 0 Å². The van der Waals surface area contributed by atoms with Crippen LogP contribution in [-0.2, 0) is 6.42 Å². The Morgan fingerprint density at radius 1 is 1.20 bits per heavy atom. The molecule has 1 atom stereocenters. The van der Waals surface area contributed by atoms with Crippen molar-refractivity contribution in [1.29, 1.82) is 0 Å². The summed E-state index contributed by atoms with van der Waals surface area (Å²) in [7, 11) is 1.85. The van der Waals surface area contributed by atoms with Crippen LogP contribution in [0.25, 0.3) is 0 Å². The first-order valence-corrected chi connectivity index (χ1v) is 6.88. The van der Waals surface area contributed by atoms with Crippen LogP contribution in [0.3, 0.4) is 0 Å². The van der Waals surface area contributed by atoms with Gasteiger partial charge in [-0.1, -0.05) is 35.9 Å². The molecular formula is C17H18FNO. The second kappa shape index (κ2) is 5.25. The van der Waals surface area contributed by atoms with E-state index in [0.29, 0.717) is 12.2 Å². The van der Waals surface area contributed by atoms with Crippen molar-refractivity contribution >= 4 is 0 Å². The maximum absolute atomic E-state index is 14.2. The molecule has 0 spiro atoms. The minimum atomic E-state index is -0.192. The summed E-state index contributed by atoms with van der Waals surface area (Å²) in [5.41, 5.74) is 3.93. The zero-order valence-electron chi connectivity index (χ0n) is 11.7. The van der Waals surface area contributed by atoms with E-state index < -0.39 is 0 Å². The summed E-state index contributed by atoms with van der Waals surface area (Å²) in [6.07, 6.45) is 0.926. The number of nitrogens with one attached hydrogen (secondary N) is 1. The van der Waals surface area contributed by atoms with Crippen LogP contribution in [0.15, 0.2) is 36.4 Å². The van der Waals surface area contributed by atoms with Gasteiger partial charge in [-0.25, -0.2) is 4.39 Å². The van der Waals surface area contributed by atoms with Gasteiger partial charge in [0.2, 0.25) is 0 Å². The zero-order chi connectivity index (χ0) is 14.1. The van der Waals surface area contributed by atoms with Crippen molar-refractivity contribution in [3.8, 4) is 5.75 Å². The number of aryl methyl sites for hydroxylation is 1. The van der Waals surface area contributed by atoms with Gasteiger partial charge in [-0.3, -0.25) is 0 Å². The monoisotopic (exact) mass is 271 g/mol. The fraction of sp³-hybridized carbons (Fsp3) is 0.294. The maximum atomic E-state index is 14.2. The highest BCUT2D eigenvalue weighted by Gasteiger charge is 2.24. The number of fused-ring (bicyclic) bond motifs is 1. The van der Waals surface area contributed by atoms with Gasteiger partial charge in [0.05, 0.1) is 12.6 Å². The molecule has 0 aliphatic carbocycles. The summed E-state index contributed by atoms with van der Waals surface area (Å²) in [5.74, 6) is 0.721. The van der Waals surface area contributed by atoms with E-state index >= 15 is 0 Å². The van der Waals surface area contributed by atoms with Crippen LogP contribution in [0.1, 0.15) is 28.3 Å². The van der Waals surface area contributed by atoms with Gasteiger partial charge in [0.15, 0.2) is 0 Å². The van der Waals surface area contributed by atoms with Crippen molar-refractivity contribution in [2.24, 2.45) is 0 Å². The lowest BCUT2D eigenvalue weighted by molar-refractivity contribution is 0.350. The van der Waals surface area contributed by atoms with Crippen molar-refractivity contribution in [3.63, 3.8) is 0 Å². The van der Waals surface area contributed by atoms with Crippen LogP contribution in [-0.4, -0.2) is 13.7 Å². The van der Waals surface area contributed by atoms with E-state index in [-0.39, 0.29) is 11.9 Å². The summed E-state index contributed by atoms with van der Waals surface area (Å²) in [6, 6.07) is 11.1. The van der Waals surface area contributed by atoms with Gasteiger partial charge in [0, 0.05) is 17.5 Å². The molecule has 0 saturated heterocycles. The van der Waals surface area contributed by atoms with E-state index in [1.54, 1.807) is 6.07 Å². The van der Waals surface area contributed by atoms with Crippen LogP contribution in [0, 0.1) is 12.7 Å². The Bertz CT molecular complexity index is 639. The van der Waals surface area contributed by atoms with Crippen molar-refractivity contribution in [3.05, 3.63) is 64.5 Å². The molecule has 1 N–H and O–H groups in total. The second-order valence-electron chi connectivity index (χ2n) is 5.18. The Kier molecular flexibility index (Phi) is 3.45. The Hall–Kier alpha value is -1.87. The molecule has 1 heterocycles. The number of ether oxygens (including phenoxy) is 1. The number of hydrogen-bond donors (Lipinski definition) is 1. The molecule has 3 heteroatoms. The standard InChI is InChI=1S/C17H18FNO/c1-11-6-7-15(18)14(10-11)16(19-2)13-5-3-4-12-8-9-20-17(12)13/h3-7,10,16,19H,8-9H2,1-2H3. The molecule has 0 saturated carbocycles. The van der Waals surface area contributed by atoms with Gasteiger partial charge in [-0.05, 0) is 25.6 Å². The summed E-state index contributed by atoms with van der Waals surface area (Å²) >= 11 is 0. The maximum Gasteiger partial charge on any atom is 0.128 e. The van der Waals surface area contributed by atoms with Crippen LogP contribution in [0.2, 0.25) is 0 Å². The predicted octanol–water partition coefficient (Wildman–Crippen LogP) is 3.38. The van der Waals surface area contributed by atoms with Gasteiger partial charge < -0.3 is 10.1 Å². The molecule has 2 aromatic carbocycles. The van der Waals surface area contributed by atoms with E-state index in [2.05, 4.69) is 11.4 Å². The zero-order valence-corrected chi connectivity index (χ0v) is 11.7. The third kappa shape index (κ3) is 2.18. The minimum Gasteiger partial charge on any atom is -0.493 e. The lowest BCUT2D eigenvalue weighted by Gasteiger charge is -2.20. The molecule has 0 bridgehead atoms. The number of halogens is 1. The Labute approximate surface area is 118 Å². The van der Waals surface area contributed by atoms with Crippen molar-refractivity contribution < 1.29 is 9.13 Å². The number of rotatable bonds is 3. The summed E-state index contributed by atoms with van der Waals surface area (Å²) in [4.78, 5) is 0.